The summed E-state index contributed by atoms with van der Waals surface area (Å²) in [6.07, 6.45) is -0.0781. The van der Waals surface area contributed by atoms with Crippen LogP contribution in [0.1, 0.15) is 16.8 Å². The van der Waals surface area contributed by atoms with Gasteiger partial charge in [-0.3, -0.25) is 9.59 Å². The van der Waals surface area contributed by atoms with E-state index in [9.17, 15) is 14.4 Å². The lowest BCUT2D eigenvalue weighted by molar-refractivity contribution is -0.127. The number of amides is 3. The Morgan fingerprint density at radius 3 is 2.83 bits per heavy atom. The van der Waals surface area contributed by atoms with Gasteiger partial charge in [-0.1, -0.05) is 0 Å². The lowest BCUT2D eigenvalue weighted by atomic mass is 10.2. The molecule has 7 nitrogen and oxygen atoms in total. The Labute approximate surface area is 141 Å². The van der Waals surface area contributed by atoms with Crippen molar-refractivity contribution in [1.82, 2.24) is 9.80 Å². The van der Waals surface area contributed by atoms with Gasteiger partial charge in [0.1, 0.15) is 5.75 Å². The summed E-state index contributed by atoms with van der Waals surface area (Å²) < 4.78 is 10.5. The Morgan fingerprint density at radius 2 is 2.17 bits per heavy atom. The van der Waals surface area contributed by atoms with Crippen molar-refractivity contribution in [1.29, 1.82) is 0 Å². The summed E-state index contributed by atoms with van der Waals surface area (Å²) in [5.74, 6) is 0.0701. The first-order valence-electron chi connectivity index (χ1n) is 7.13. The van der Waals surface area contributed by atoms with Gasteiger partial charge in [-0.2, -0.15) is 0 Å². The Balaban J connectivity index is 1.75. The summed E-state index contributed by atoms with van der Waals surface area (Å²) in [4.78, 5) is 38.7. The van der Waals surface area contributed by atoms with Crippen LogP contribution in [0.25, 0.3) is 0 Å². The normalized spacial score (nSPS) is 20.9. The lowest BCUT2D eigenvalue weighted by Gasteiger charge is -2.21. The number of hydrogen-bond donors (Lipinski definition) is 0. The highest BCUT2D eigenvalue weighted by molar-refractivity contribution is 9.10. The maximum atomic E-state index is 12.7. The van der Waals surface area contributed by atoms with Crippen molar-refractivity contribution in [2.24, 2.45) is 0 Å². The van der Waals surface area contributed by atoms with Crippen LogP contribution < -0.4 is 4.74 Å². The summed E-state index contributed by atoms with van der Waals surface area (Å²) >= 11 is 3.37. The molecule has 0 saturated carbocycles. The van der Waals surface area contributed by atoms with Crippen molar-refractivity contribution in [3.05, 3.63) is 28.2 Å². The van der Waals surface area contributed by atoms with Gasteiger partial charge in [-0.25, -0.2) is 9.69 Å². The molecule has 2 saturated heterocycles. The van der Waals surface area contributed by atoms with Crippen LogP contribution in [-0.4, -0.2) is 60.6 Å². The fraction of sp³-hybridized carbons (Fsp3) is 0.400. The average Bonchev–Trinajstić information content (AvgIpc) is 3.14. The fourth-order valence-corrected chi connectivity index (χ4v) is 3.24. The highest BCUT2D eigenvalue weighted by Gasteiger charge is 2.41. The molecular weight excluding hydrogens is 368 g/mol. The van der Waals surface area contributed by atoms with Gasteiger partial charge in [-0.05, 0) is 40.5 Å². The first kappa shape index (κ1) is 15.8. The number of ether oxygens (including phenoxy) is 2. The topological polar surface area (TPSA) is 76.2 Å². The number of rotatable bonds is 3. The summed E-state index contributed by atoms with van der Waals surface area (Å²) in [5.41, 5.74) is 0.486. The van der Waals surface area contributed by atoms with E-state index in [4.69, 9.17) is 9.47 Å². The number of methoxy groups -OCH3 is 1. The van der Waals surface area contributed by atoms with E-state index >= 15 is 0 Å². The summed E-state index contributed by atoms with van der Waals surface area (Å²) in [6.45, 7) is 0.568. The van der Waals surface area contributed by atoms with Crippen molar-refractivity contribution in [2.75, 3.05) is 26.8 Å². The fourth-order valence-electron chi connectivity index (χ4n) is 2.82. The molecule has 0 N–H and O–H groups in total. The van der Waals surface area contributed by atoms with Crippen LogP contribution in [0.5, 0.6) is 5.75 Å². The molecule has 0 aliphatic carbocycles. The van der Waals surface area contributed by atoms with Crippen molar-refractivity contribution >= 4 is 33.8 Å². The molecule has 2 heterocycles. The maximum absolute atomic E-state index is 12.7. The van der Waals surface area contributed by atoms with E-state index in [1.165, 1.54) is 7.11 Å². The predicted octanol–water partition coefficient (Wildman–Crippen LogP) is 1.65. The zero-order chi connectivity index (χ0) is 16.6. The van der Waals surface area contributed by atoms with E-state index in [0.29, 0.717) is 35.3 Å². The minimum atomic E-state index is -0.628. The number of carbonyl (C=O) groups is 3. The third-order valence-corrected chi connectivity index (χ3v) is 4.70. The van der Waals surface area contributed by atoms with Crippen LogP contribution in [0.4, 0.5) is 4.79 Å². The number of likely N-dealkylation sites (tertiary alicyclic amines) is 1. The molecule has 2 aliphatic rings. The van der Waals surface area contributed by atoms with Gasteiger partial charge in [0.15, 0.2) is 6.61 Å². The van der Waals surface area contributed by atoms with Gasteiger partial charge in [0.25, 0.3) is 11.8 Å². The molecule has 0 bridgehead atoms. The number of cyclic esters (lactones) is 1. The molecular formula is C15H15BrN2O5. The second-order valence-electron chi connectivity index (χ2n) is 5.36. The largest absolute Gasteiger partial charge is 0.497 e. The summed E-state index contributed by atoms with van der Waals surface area (Å²) in [6, 6.07) is 4.84. The molecule has 8 heteroatoms. The maximum Gasteiger partial charge on any atom is 0.417 e. The van der Waals surface area contributed by atoms with E-state index in [-0.39, 0.29) is 24.5 Å². The minimum Gasteiger partial charge on any atom is -0.497 e. The second kappa shape index (κ2) is 6.19. The average molecular weight is 383 g/mol. The van der Waals surface area contributed by atoms with Crippen molar-refractivity contribution < 1.29 is 23.9 Å². The molecule has 3 rings (SSSR count). The van der Waals surface area contributed by atoms with Crippen molar-refractivity contribution in [3.8, 4) is 5.75 Å². The third-order valence-electron chi connectivity index (χ3n) is 4.00. The zero-order valence-electron chi connectivity index (χ0n) is 12.5. The molecule has 1 aromatic carbocycles. The van der Waals surface area contributed by atoms with Crippen LogP contribution in [0, 0.1) is 0 Å². The third kappa shape index (κ3) is 2.90. The zero-order valence-corrected chi connectivity index (χ0v) is 14.0. The number of hydrogen-bond acceptors (Lipinski definition) is 5. The van der Waals surface area contributed by atoms with E-state index < -0.39 is 6.09 Å². The molecule has 2 fully saturated rings. The molecule has 1 atom stereocenters. The van der Waals surface area contributed by atoms with Crippen LogP contribution in [0.15, 0.2) is 22.7 Å². The van der Waals surface area contributed by atoms with Gasteiger partial charge in [0.05, 0.1) is 18.7 Å². The molecule has 1 aromatic rings. The standard InChI is InChI=1S/C15H15BrN2O5/c1-22-10-2-3-12(16)11(6-10)14(20)17-5-4-9(7-17)18-13(19)8-23-15(18)21/h2-3,6,9H,4-5,7-8H2,1H3/t9-/m1/s1. The molecule has 122 valence electrons. The first-order chi connectivity index (χ1) is 11.0. The quantitative estimate of drug-likeness (QED) is 0.794. The monoisotopic (exact) mass is 382 g/mol. The van der Waals surface area contributed by atoms with Gasteiger partial charge in [0, 0.05) is 17.6 Å². The molecule has 0 radical (unpaired) electrons. The van der Waals surface area contributed by atoms with Gasteiger partial charge >= 0.3 is 6.09 Å². The van der Waals surface area contributed by atoms with Crippen LogP contribution >= 0.6 is 15.9 Å². The highest BCUT2D eigenvalue weighted by atomic mass is 79.9. The summed E-state index contributed by atoms with van der Waals surface area (Å²) in [5, 5.41) is 0. The Kier molecular flexibility index (Phi) is 4.25. The van der Waals surface area contributed by atoms with Crippen molar-refractivity contribution in [3.63, 3.8) is 0 Å². The van der Waals surface area contributed by atoms with Gasteiger partial charge in [0.2, 0.25) is 0 Å². The lowest BCUT2D eigenvalue weighted by Crippen LogP contribution is -2.42. The molecule has 0 spiro atoms. The number of halogens is 1. The number of imide groups is 1. The minimum absolute atomic E-state index is 0.168. The van der Waals surface area contributed by atoms with E-state index in [2.05, 4.69) is 15.9 Å². The molecule has 2 aliphatic heterocycles. The summed E-state index contributed by atoms with van der Waals surface area (Å²) in [7, 11) is 1.54. The number of carbonyl (C=O) groups excluding carboxylic acids is 3. The van der Waals surface area contributed by atoms with E-state index in [1.54, 1.807) is 23.1 Å². The smallest absolute Gasteiger partial charge is 0.417 e. The molecule has 0 aromatic heterocycles. The second-order valence-corrected chi connectivity index (χ2v) is 6.21. The van der Waals surface area contributed by atoms with Gasteiger partial charge < -0.3 is 14.4 Å². The Bertz CT molecular complexity index is 662. The predicted molar refractivity (Wildman–Crippen MR) is 83.2 cm³/mol. The first-order valence-corrected chi connectivity index (χ1v) is 7.92. The van der Waals surface area contributed by atoms with E-state index in [1.807, 2.05) is 0 Å². The number of nitrogens with zero attached hydrogens (tertiary/aromatic N) is 2. The molecule has 23 heavy (non-hydrogen) atoms. The highest BCUT2D eigenvalue weighted by Crippen LogP contribution is 2.27. The van der Waals surface area contributed by atoms with Crippen molar-refractivity contribution in [2.45, 2.75) is 12.5 Å². The number of benzene rings is 1. The van der Waals surface area contributed by atoms with Crippen LogP contribution in [0.2, 0.25) is 0 Å². The Hall–Kier alpha value is -2.09. The van der Waals surface area contributed by atoms with Crippen LogP contribution in [0.3, 0.4) is 0 Å². The molecule has 0 unspecified atom stereocenters. The van der Waals surface area contributed by atoms with Crippen LogP contribution in [-0.2, 0) is 9.53 Å². The molecule has 3 amide bonds. The van der Waals surface area contributed by atoms with E-state index in [0.717, 1.165) is 4.90 Å². The van der Waals surface area contributed by atoms with Gasteiger partial charge in [-0.15, -0.1) is 0 Å². The Morgan fingerprint density at radius 1 is 1.39 bits per heavy atom. The SMILES string of the molecule is COc1ccc(Br)c(C(=O)N2CC[C@@H](N3C(=O)COC3=O)C2)c1.